The predicted octanol–water partition coefficient (Wildman–Crippen LogP) is 4.67. The van der Waals surface area contributed by atoms with E-state index in [-0.39, 0.29) is 6.04 Å². The number of halogens is 1. The van der Waals surface area contributed by atoms with Crippen LogP contribution in [-0.4, -0.2) is 16.0 Å². The molecule has 2 aromatic carbocycles. The molecule has 2 aromatic rings. The first-order valence-electron chi connectivity index (χ1n) is 8.12. The first-order valence-corrected chi connectivity index (χ1v) is 9.79. The van der Waals surface area contributed by atoms with E-state index < -0.39 is 5.91 Å². The first-order chi connectivity index (χ1) is 12.6. The van der Waals surface area contributed by atoms with Crippen LogP contribution in [0.15, 0.2) is 80.7 Å². The average Bonchev–Trinajstić information content (AvgIpc) is 3.05. The van der Waals surface area contributed by atoms with Crippen molar-refractivity contribution in [3.05, 3.63) is 86.9 Å². The van der Waals surface area contributed by atoms with E-state index in [1.807, 2.05) is 49.4 Å². The van der Waals surface area contributed by atoms with Crippen LogP contribution in [0, 0.1) is 0 Å². The molecule has 2 N–H and O–H groups in total. The SMILES string of the molecule is CC1=C(C(N)=O)[C@H](c2ccccc2)N2C(c3ccc(Br)cc3)=CSC2=N1. The number of amides is 1. The highest BCUT2D eigenvalue weighted by atomic mass is 79.9. The number of primary amides is 1. The summed E-state index contributed by atoms with van der Waals surface area (Å²) in [6.07, 6.45) is 0. The number of hydrogen-bond acceptors (Lipinski definition) is 4. The highest BCUT2D eigenvalue weighted by Gasteiger charge is 2.39. The van der Waals surface area contributed by atoms with Gasteiger partial charge in [0, 0.05) is 9.88 Å². The molecule has 0 radical (unpaired) electrons. The Bertz CT molecular complexity index is 964. The standard InChI is InChI=1S/C20H16BrN3OS/c1-12-17(19(22)25)18(14-5-3-2-4-6-14)24-16(11-26-20(24)23-12)13-7-9-15(21)10-8-13/h2-11,18H,1H3,(H2,22,25)/t18-/m0/s1. The fourth-order valence-corrected chi connectivity index (χ4v) is 4.52. The van der Waals surface area contributed by atoms with Gasteiger partial charge in [-0.3, -0.25) is 4.79 Å². The number of amidine groups is 1. The van der Waals surface area contributed by atoms with Crippen molar-refractivity contribution in [1.29, 1.82) is 0 Å². The van der Waals surface area contributed by atoms with Crippen LogP contribution in [0.1, 0.15) is 24.1 Å². The highest BCUT2D eigenvalue weighted by molar-refractivity contribution is 9.10. The zero-order chi connectivity index (χ0) is 18.3. The van der Waals surface area contributed by atoms with Gasteiger partial charge in [0.15, 0.2) is 5.17 Å². The predicted molar refractivity (Wildman–Crippen MR) is 110 cm³/mol. The molecule has 0 aromatic heterocycles. The third-order valence-corrected chi connectivity index (χ3v) is 5.82. The molecule has 26 heavy (non-hydrogen) atoms. The molecule has 2 aliphatic rings. The number of carbonyl (C=O) groups is 1. The zero-order valence-corrected chi connectivity index (χ0v) is 16.4. The molecule has 0 saturated heterocycles. The van der Waals surface area contributed by atoms with Gasteiger partial charge in [-0.05, 0) is 30.2 Å². The second kappa shape index (κ2) is 6.78. The number of fused-ring (bicyclic) bond motifs is 1. The number of aliphatic imine (C=N–C) groups is 1. The summed E-state index contributed by atoms with van der Waals surface area (Å²) >= 11 is 5.04. The van der Waals surface area contributed by atoms with Crippen molar-refractivity contribution in [2.75, 3.05) is 0 Å². The minimum Gasteiger partial charge on any atom is -0.366 e. The number of nitrogens with two attached hydrogens (primary N) is 1. The Kier molecular flexibility index (Phi) is 4.46. The number of thioether (sulfide) groups is 1. The molecule has 4 rings (SSSR count). The van der Waals surface area contributed by atoms with Gasteiger partial charge in [0.1, 0.15) is 0 Å². The molecule has 1 amide bonds. The highest BCUT2D eigenvalue weighted by Crippen LogP contribution is 2.46. The van der Waals surface area contributed by atoms with Gasteiger partial charge in [-0.25, -0.2) is 4.99 Å². The van der Waals surface area contributed by atoms with Gasteiger partial charge in [-0.1, -0.05) is 70.2 Å². The molecule has 0 saturated carbocycles. The van der Waals surface area contributed by atoms with E-state index in [4.69, 9.17) is 5.73 Å². The Balaban J connectivity index is 1.87. The van der Waals surface area contributed by atoms with Crippen LogP contribution >= 0.6 is 27.7 Å². The first kappa shape index (κ1) is 17.1. The van der Waals surface area contributed by atoms with E-state index >= 15 is 0 Å². The fraction of sp³-hybridized carbons (Fsp3) is 0.100. The maximum atomic E-state index is 12.3. The molecule has 1 atom stereocenters. The summed E-state index contributed by atoms with van der Waals surface area (Å²) < 4.78 is 1.02. The lowest BCUT2D eigenvalue weighted by Gasteiger charge is -2.36. The minimum atomic E-state index is -0.439. The molecule has 0 aliphatic carbocycles. The molecular formula is C20H16BrN3OS. The topological polar surface area (TPSA) is 58.7 Å². The van der Waals surface area contributed by atoms with Crippen LogP contribution in [0.3, 0.4) is 0 Å². The van der Waals surface area contributed by atoms with E-state index in [0.717, 1.165) is 26.5 Å². The summed E-state index contributed by atoms with van der Waals surface area (Å²) in [5.74, 6) is -0.439. The van der Waals surface area contributed by atoms with Gasteiger partial charge in [0.2, 0.25) is 5.91 Å². The van der Waals surface area contributed by atoms with Gasteiger partial charge in [-0.15, -0.1) is 0 Å². The summed E-state index contributed by atoms with van der Waals surface area (Å²) in [7, 11) is 0. The van der Waals surface area contributed by atoms with E-state index in [0.29, 0.717) is 11.3 Å². The van der Waals surface area contributed by atoms with Crippen LogP contribution in [0.25, 0.3) is 5.70 Å². The van der Waals surface area contributed by atoms with Crippen molar-refractivity contribution in [2.45, 2.75) is 13.0 Å². The van der Waals surface area contributed by atoms with Crippen LogP contribution in [-0.2, 0) is 4.79 Å². The number of rotatable bonds is 3. The monoisotopic (exact) mass is 425 g/mol. The Labute approximate surface area is 164 Å². The molecular weight excluding hydrogens is 410 g/mol. The number of hydrogen-bond donors (Lipinski definition) is 1. The summed E-state index contributed by atoms with van der Waals surface area (Å²) in [4.78, 5) is 19.0. The molecule has 2 heterocycles. The smallest absolute Gasteiger partial charge is 0.248 e. The Morgan fingerprint density at radius 3 is 2.50 bits per heavy atom. The van der Waals surface area contributed by atoms with Crippen molar-refractivity contribution in [3.63, 3.8) is 0 Å². The zero-order valence-electron chi connectivity index (χ0n) is 14.0. The van der Waals surface area contributed by atoms with E-state index in [1.54, 1.807) is 11.8 Å². The second-order valence-electron chi connectivity index (χ2n) is 6.07. The third-order valence-electron chi connectivity index (χ3n) is 4.45. The van der Waals surface area contributed by atoms with Gasteiger partial charge in [0.25, 0.3) is 0 Å². The molecule has 2 aliphatic heterocycles. The van der Waals surface area contributed by atoms with E-state index in [2.05, 4.69) is 43.4 Å². The van der Waals surface area contributed by atoms with Crippen molar-refractivity contribution >= 4 is 44.5 Å². The molecule has 4 nitrogen and oxygen atoms in total. The molecule has 0 fully saturated rings. The van der Waals surface area contributed by atoms with E-state index in [1.165, 1.54) is 0 Å². The molecule has 0 unspecified atom stereocenters. The second-order valence-corrected chi connectivity index (χ2v) is 7.82. The number of allylic oxidation sites excluding steroid dienone is 1. The number of benzene rings is 2. The van der Waals surface area contributed by atoms with Gasteiger partial charge in [0.05, 0.1) is 23.0 Å². The number of nitrogens with zero attached hydrogens (tertiary/aromatic N) is 2. The average molecular weight is 426 g/mol. The van der Waals surface area contributed by atoms with Crippen LogP contribution < -0.4 is 5.73 Å². The normalized spacial score (nSPS) is 19.2. The Hall–Kier alpha value is -2.31. The molecule has 6 heteroatoms. The number of carbonyl (C=O) groups excluding carboxylic acids is 1. The minimum absolute atomic E-state index is 0.286. The lowest BCUT2D eigenvalue weighted by Crippen LogP contribution is -2.37. The molecule has 0 spiro atoms. The largest absolute Gasteiger partial charge is 0.366 e. The van der Waals surface area contributed by atoms with Gasteiger partial charge in [-0.2, -0.15) is 0 Å². The summed E-state index contributed by atoms with van der Waals surface area (Å²) in [5.41, 5.74) is 10.0. The van der Waals surface area contributed by atoms with E-state index in [9.17, 15) is 4.79 Å². The Morgan fingerprint density at radius 1 is 1.15 bits per heavy atom. The molecule has 130 valence electrons. The van der Waals surface area contributed by atoms with Crippen molar-refractivity contribution in [1.82, 2.24) is 4.90 Å². The third kappa shape index (κ3) is 2.89. The van der Waals surface area contributed by atoms with Gasteiger partial charge >= 0.3 is 0 Å². The van der Waals surface area contributed by atoms with Crippen LogP contribution in [0.5, 0.6) is 0 Å². The quantitative estimate of drug-likeness (QED) is 0.776. The maximum absolute atomic E-state index is 12.3. The summed E-state index contributed by atoms with van der Waals surface area (Å²) in [6.45, 7) is 1.85. The van der Waals surface area contributed by atoms with Crippen LogP contribution in [0.2, 0.25) is 0 Å². The lowest BCUT2D eigenvalue weighted by molar-refractivity contribution is -0.115. The summed E-state index contributed by atoms with van der Waals surface area (Å²) in [5, 5.41) is 2.94. The summed E-state index contributed by atoms with van der Waals surface area (Å²) in [6, 6.07) is 17.8. The van der Waals surface area contributed by atoms with Gasteiger partial charge < -0.3 is 10.6 Å². The lowest BCUT2D eigenvalue weighted by atomic mass is 9.93. The van der Waals surface area contributed by atoms with Crippen molar-refractivity contribution < 1.29 is 4.79 Å². The van der Waals surface area contributed by atoms with Crippen LogP contribution in [0.4, 0.5) is 0 Å². The fourth-order valence-electron chi connectivity index (χ4n) is 3.28. The maximum Gasteiger partial charge on any atom is 0.248 e. The van der Waals surface area contributed by atoms with Crippen molar-refractivity contribution in [3.8, 4) is 0 Å². The molecule has 0 bridgehead atoms. The van der Waals surface area contributed by atoms with Crippen molar-refractivity contribution in [2.24, 2.45) is 10.7 Å². The Morgan fingerprint density at radius 2 is 1.85 bits per heavy atom.